The summed E-state index contributed by atoms with van der Waals surface area (Å²) < 4.78 is 1.68. The Morgan fingerprint density at radius 2 is 2.31 bits per heavy atom. The molecule has 13 heavy (non-hydrogen) atoms. The molecule has 0 unspecified atom stereocenters. The highest BCUT2D eigenvalue weighted by molar-refractivity contribution is 6.30. The first-order valence-electron chi connectivity index (χ1n) is 4.16. The van der Waals surface area contributed by atoms with Crippen LogP contribution in [-0.4, -0.2) is 9.78 Å². The van der Waals surface area contributed by atoms with Crippen LogP contribution in [0.1, 0.15) is 26.3 Å². The van der Waals surface area contributed by atoms with E-state index in [4.69, 9.17) is 16.9 Å². The molecule has 0 amide bonds. The molecule has 70 valence electrons. The minimum Gasteiger partial charge on any atom is -0.254 e. The van der Waals surface area contributed by atoms with Crippen molar-refractivity contribution in [1.82, 2.24) is 9.78 Å². The molecule has 0 saturated heterocycles. The van der Waals surface area contributed by atoms with Crippen LogP contribution < -0.4 is 0 Å². The number of halogens is 1. The smallest absolute Gasteiger partial charge is 0.131 e. The molecule has 1 rings (SSSR count). The van der Waals surface area contributed by atoms with Crippen molar-refractivity contribution in [2.24, 2.45) is 0 Å². The van der Waals surface area contributed by atoms with Gasteiger partial charge in [0.15, 0.2) is 0 Å². The third kappa shape index (κ3) is 1.68. The molecule has 0 bridgehead atoms. The molecular formula is C9H12ClN3. The molecule has 4 heteroatoms. The average molecular weight is 198 g/mol. The van der Waals surface area contributed by atoms with Crippen molar-refractivity contribution in [2.45, 2.75) is 32.7 Å². The van der Waals surface area contributed by atoms with Gasteiger partial charge >= 0.3 is 0 Å². The topological polar surface area (TPSA) is 41.6 Å². The Morgan fingerprint density at radius 1 is 1.69 bits per heavy atom. The van der Waals surface area contributed by atoms with Crippen molar-refractivity contribution >= 4 is 11.6 Å². The standard InChI is InChI=1S/C9H12ClN3/c1-4-13-8(10)7(5-12-13)9(2,3)6-11/h5H,4H2,1-3H3. The summed E-state index contributed by atoms with van der Waals surface area (Å²) in [6, 6.07) is 2.20. The van der Waals surface area contributed by atoms with Crippen LogP contribution in [0, 0.1) is 11.3 Å². The number of hydrogen-bond donors (Lipinski definition) is 0. The normalized spacial score (nSPS) is 11.3. The van der Waals surface area contributed by atoms with Crippen LogP contribution in [0.2, 0.25) is 5.15 Å². The van der Waals surface area contributed by atoms with Crippen molar-refractivity contribution in [3.8, 4) is 6.07 Å². The third-order valence-electron chi connectivity index (χ3n) is 2.03. The Labute approximate surface area is 82.9 Å². The van der Waals surface area contributed by atoms with Crippen molar-refractivity contribution < 1.29 is 0 Å². The molecule has 0 aliphatic rings. The van der Waals surface area contributed by atoms with Gasteiger partial charge in [0.05, 0.1) is 17.7 Å². The number of nitrogens with zero attached hydrogens (tertiary/aromatic N) is 3. The fraction of sp³-hybridized carbons (Fsp3) is 0.556. The first-order valence-corrected chi connectivity index (χ1v) is 4.53. The highest BCUT2D eigenvalue weighted by Crippen LogP contribution is 2.28. The Kier molecular flexibility index (Phi) is 2.63. The van der Waals surface area contributed by atoms with Crippen LogP contribution in [0.4, 0.5) is 0 Å². The summed E-state index contributed by atoms with van der Waals surface area (Å²) in [6.07, 6.45) is 1.66. The maximum atomic E-state index is 8.91. The number of rotatable bonds is 2. The van der Waals surface area contributed by atoms with Gasteiger partial charge in [-0.25, -0.2) is 0 Å². The lowest BCUT2D eigenvalue weighted by molar-refractivity contribution is 0.652. The van der Waals surface area contributed by atoms with E-state index in [-0.39, 0.29) is 0 Å². The molecule has 1 aromatic heterocycles. The van der Waals surface area contributed by atoms with Gasteiger partial charge in [-0.3, -0.25) is 4.68 Å². The van der Waals surface area contributed by atoms with Gasteiger partial charge in [-0.05, 0) is 20.8 Å². The van der Waals surface area contributed by atoms with Crippen molar-refractivity contribution in [2.75, 3.05) is 0 Å². The van der Waals surface area contributed by atoms with Gasteiger partial charge in [-0.15, -0.1) is 0 Å². The Hall–Kier alpha value is -1.01. The summed E-state index contributed by atoms with van der Waals surface area (Å²) in [5, 5.41) is 13.6. The molecule has 0 fully saturated rings. The molecule has 0 saturated carbocycles. The number of nitriles is 1. The molecule has 0 aromatic carbocycles. The summed E-state index contributed by atoms with van der Waals surface area (Å²) in [5.74, 6) is 0. The minimum absolute atomic E-state index is 0.564. The van der Waals surface area contributed by atoms with Crippen LogP contribution in [0.3, 0.4) is 0 Å². The van der Waals surface area contributed by atoms with E-state index in [0.29, 0.717) is 5.15 Å². The summed E-state index contributed by atoms with van der Waals surface area (Å²) in [7, 11) is 0. The van der Waals surface area contributed by atoms with Gasteiger partial charge in [0.2, 0.25) is 0 Å². The van der Waals surface area contributed by atoms with E-state index in [1.807, 2.05) is 20.8 Å². The summed E-state index contributed by atoms with van der Waals surface area (Å²) in [4.78, 5) is 0. The van der Waals surface area contributed by atoms with Crippen molar-refractivity contribution in [1.29, 1.82) is 5.26 Å². The van der Waals surface area contributed by atoms with E-state index in [1.54, 1.807) is 10.9 Å². The number of aromatic nitrogens is 2. The van der Waals surface area contributed by atoms with E-state index in [9.17, 15) is 0 Å². The highest BCUT2D eigenvalue weighted by Gasteiger charge is 2.25. The van der Waals surface area contributed by atoms with Crippen LogP contribution >= 0.6 is 11.6 Å². The third-order valence-corrected chi connectivity index (χ3v) is 2.43. The summed E-state index contributed by atoms with van der Waals surface area (Å²) in [6.45, 7) is 6.34. The van der Waals surface area contributed by atoms with Crippen molar-refractivity contribution in [3.05, 3.63) is 16.9 Å². The molecule has 0 aliphatic carbocycles. The lowest BCUT2D eigenvalue weighted by Gasteiger charge is -2.13. The lowest BCUT2D eigenvalue weighted by atomic mass is 9.89. The zero-order valence-corrected chi connectivity index (χ0v) is 8.76. The number of aryl methyl sites for hydroxylation is 1. The van der Waals surface area contributed by atoms with Gasteiger partial charge in [0.25, 0.3) is 0 Å². The SMILES string of the molecule is CCn1ncc(C(C)(C)C#N)c1Cl. The molecule has 0 aliphatic heterocycles. The Bertz CT molecular complexity index is 346. The van der Waals surface area contributed by atoms with Crippen LogP contribution in [0.15, 0.2) is 6.20 Å². The quantitative estimate of drug-likeness (QED) is 0.731. The van der Waals surface area contributed by atoms with E-state index in [0.717, 1.165) is 12.1 Å². The van der Waals surface area contributed by atoms with Gasteiger partial charge in [0, 0.05) is 12.1 Å². The second-order valence-corrected chi connectivity index (χ2v) is 3.76. The molecule has 0 spiro atoms. The zero-order valence-electron chi connectivity index (χ0n) is 8.00. The molecule has 3 nitrogen and oxygen atoms in total. The van der Waals surface area contributed by atoms with Gasteiger partial charge in [-0.2, -0.15) is 10.4 Å². The fourth-order valence-corrected chi connectivity index (χ4v) is 1.52. The number of hydrogen-bond acceptors (Lipinski definition) is 2. The van der Waals surface area contributed by atoms with E-state index in [1.165, 1.54) is 0 Å². The van der Waals surface area contributed by atoms with E-state index < -0.39 is 5.41 Å². The largest absolute Gasteiger partial charge is 0.254 e. The van der Waals surface area contributed by atoms with Gasteiger partial charge in [-0.1, -0.05) is 11.6 Å². The molecule has 1 aromatic rings. The predicted molar refractivity (Wildman–Crippen MR) is 51.6 cm³/mol. The maximum absolute atomic E-state index is 8.91. The van der Waals surface area contributed by atoms with Crippen molar-refractivity contribution in [3.63, 3.8) is 0 Å². The molecule has 0 atom stereocenters. The Morgan fingerprint density at radius 3 is 2.69 bits per heavy atom. The molecule has 0 radical (unpaired) electrons. The summed E-state index contributed by atoms with van der Waals surface area (Å²) in [5.41, 5.74) is 0.225. The van der Waals surface area contributed by atoms with Crippen LogP contribution in [0.5, 0.6) is 0 Å². The second-order valence-electron chi connectivity index (χ2n) is 3.40. The Balaban J connectivity index is 3.18. The maximum Gasteiger partial charge on any atom is 0.131 e. The van der Waals surface area contributed by atoms with E-state index in [2.05, 4.69) is 11.2 Å². The lowest BCUT2D eigenvalue weighted by Crippen LogP contribution is -2.13. The molecule has 1 heterocycles. The molecular weight excluding hydrogens is 186 g/mol. The molecule has 0 N–H and O–H groups in total. The fourth-order valence-electron chi connectivity index (χ4n) is 1.07. The second kappa shape index (κ2) is 3.39. The summed E-state index contributed by atoms with van der Waals surface area (Å²) >= 11 is 6.04. The zero-order chi connectivity index (χ0) is 10.1. The van der Waals surface area contributed by atoms with Crippen LogP contribution in [0.25, 0.3) is 0 Å². The predicted octanol–water partition coefficient (Wildman–Crippen LogP) is 2.36. The van der Waals surface area contributed by atoms with Gasteiger partial charge < -0.3 is 0 Å². The highest BCUT2D eigenvalue weighted by atomic mass is 35.5. The van der Waals surface area contributed by atoms with Crippen LogP contribution in [-0.2, 0) is 12.0 Å². The first kappa shape index (κ1) is 10.1. The minimum atomic E-state index is -0.565. The van der Waals surface area contributed by atoms with Gasteiger partial charge in [0.1, 0.15) is 5.15 Å². The monoisotopic (exact) mass is 197 g/mol. The average Bonchev–Trinajstić information content (AvgIpc) is 2.47. The first-order chi connectivity index (χ1) is 6.03. The van der Waals surface area contributed by atoms with E-state index >= 15 is 0 Å².